The highest BCUT2D eigenvalue weighted by atomic mass is 32.2. The summed E-state index contributed by atoms with van der Waals surface area (Å²) in [5.74, 6) is 1.96. The Morgan fingerprint density at radius 3 is 2.78 bits per heavy atom. The topological polar surface area (TPSA) is 121 Å². The van der Waals surface area contributed by atoms with Gasteiger partial charge in [0.25, 0.3) is 0 Å². The molecule has 1 aromatic heterocycles. The van der Waals surface area contributed by atoms with Gasteiger partial charge in [-0.05, 0) is 91.6 Å². The Morgan fingerprint density at radius 2 is 2.00 bits per heavy atom. The molecule has 0 bridgehead atoms. The number of primary sulfonamides is 1. The maximum absolute atomic E-state index is 12.0. The van der Waals surface area contributed by atoms with Crippen LogP contribution in [0.1, 0.15) is 30.4 Å². The lowest BCUT2D eigenvalue weighted by Crippen LogP contribution is -2.25. The minimum Gasteiger partial charge on any atom is -0.508 e. The number of aromatic hydroxyl groups is 1. The van der Waals surface area contributed by atoms with Gasteiger partial charge in [-0.3, -0.25) is 0 Å². The number of nitrogens with two attached hydrogens (primary N) is 1. The van der Waals surface area contributed by atoms with Crippen LogP contribution in [-0.4, -0.2) is 30.0 Å². The number of benzene rings is 2. The first kappa shape index (κ1) is 20.7. The monoisotopic (exact) mass is 451 g/mol. The fourth-order valence-corrected chi connectivity index (χ4v) is 5.00. The van der Waals surface area contributed by atoms with Gasteiger partial charge >= 0.3 is 0 Å². The molecule has 0 spiro atoms. The van der Waals surface area contributed by atoms with E-state index < -0.39 is 10.0 Å². The molecule has 1 fully saturated rings. The molecule has 2 heterocycles. The zero-order valence-electron chi connectivity index (χ0n) is 17.5. The van der Waals surface area contributed by atoms with Crippen LogP contribution >= 0.6 is 0 Å². The zero-order valence-corrected chi connectivity index (χ0v) is 18.3. The summed E-state index contributed by atoms with van der Waals surface area (Å²) >= 11 is 0. The van der Waals surface area contributed by atoms with Crippen LogP contribution in [0.3, 0.4) is 0 Å². The lowest BCUT2D eigenvalue weighted by atomic mass is 10.0. The highest BCUT2D eigenvalue weighted by molar-refractivity contribution is 7.89. The van der Waals surface area contributed by atoms with Crippen molar-refractivity contribution in [1.29, 1.82) is 0 Å². The summed E-state index contributed by atoms with van der Waals surface area (Å²) in [5, 5.41) is 18.4. The van der Waals surface area contributed by atoms with E-state index in [9.17, 15) is 13.5 Å². The highest BCUT2D eigenvalue weighted by Crippen LogP contribution is 2.36. The van der Waals surface area contributed by atoms with E-state index in [1.54, 1.807) is 30.5 Å². The lowest BCUT2D eigenvalue weighted by molar-refractivity contribution is 0.474. The average molecular weight is 452 g/mol. The standard InChI is InChI=1S/C23H25N5O3S/c24-32(30,31)21-8-5-18(13-17(21)12-15-3-4-15)26-23-25-10-9-22(27-23)28-11-1-2-16-14-19(29)6-7-20(16)28/h5-10,13-15,29H,1-4,11-12H2,(H2,24,30,31)(H,25,26,27). The summed E-state index contributed by atoms with van der Waals surface area (Å²) in [6, 6.07) is 12.3. The summed E-state index contributed by atoms with van der Waals surface area (Å²) in [6.07, 6.45) is 6.49. The van der Waals surface area contributed by atoms with Gasteiger partial charge in [0, 0.05) is 24.1 Å². The van der Waals surface area contributed by atoms with E-state index in [0.29, 0.717) is 24.0 Å². The third-order valence-corrected chi connectivity index (χ3v) is 6.94. The van der Waals surface area contributed by atoms with Crippen molar-refractivity contribution in [2.24, 2.45) is 11.1 Å². The molecule has 1 aliphatic carbocycles. The first-order valence-corrected chi connectivity index (χ1v) is 12.3. The Morgan fingerprint density at radius 1 is 1.16 bits per heavy atom. The van der Waals surface area contributed by atoms with Crippen LogP contribution < -0.4 is 15.4 Å². The smallest absolute Gasteiger partial charge is 0.238 e. The fraction of sp³-hybridized carbons (Fsp3) is 0.304. The number of phenolic OH excluding ortho intramolecular Hbond substituents is 1. The van der Waals surface area contributed by atoms with Gasteiger partial charge in [0.1, 0.15) is 11.6 Å². The Balaban J connectivity index is 1.43. The molecule has 2 aliphatic rings. The second kappa shape index (κ2) is 8.07. The van der Waals surface area contributed by atoms with Gasteiger partial charge in [0.2, 0.25) is 16.0 Å². The predicted octanol–water partition coefficient (Wildman–Crippen LogP) is 3.61. The first-order chi connectivity index (χ1) is 15.4. The number of rotatable bonds is 6. The van der Waals surface area contributed by atoms with Gasteiger partial charge in [0.15, 0.2) is 0 Å². The average Bonchev–Trinajstić information content (AvgIpc) is 3.56. The molecule has 1 saturated carbocycles. The number of sulfonamides is 1. The van der Waals surface area contributed by atoms with Crippen molar-refractivity contribution < 1.29 is 13.5 Å². The first-order valence-electron chi connectivity index (χ1n) is 10.7. The Bertz CT molecular complexity index is 1270. The summed E-state index contributed by atoms with van der Waals surface area (Å²) in [6.45, 7) is 0.822. The summed E-state index contributed by atoms with van der Waals surface area (Å²) in [5.41, 5.74) is 3.56. The highest BCUT2D eigenvalue weighted by Gasteiger charge is 2.25. The van der Waals surface area contributed by atoms with Gasteiger partial charge in [-0.15, -0.1) is 0 Å². The van der Waals surface area contributed by atoms with Gasteiger partial charge in [-0.2, -0.15) is 4.98 Å². The van der Waals surface area contributed by atoms with Crippen LogP contribution in [0.15, 0.2) is 53.6 Å². The number of fused-ring (bicyclic) bond motifs is 1. The second-order valence-electron chi connectivity index (χ2n) is 8.45. The molecule has 166 valence electrons. The third-order valence-electron chi connectivity index (χ3n) is 5.93. The van der Waals surface area contributed by atoms with Crippen LogP contribution in [0.5, 0.6) is 5.75 Å². The van der Waals surface area contributed by atoms with E-state index in [2.05, 4.69) is 20.2 Å². The Labute approximate surface area is 187 Å². The molecule has 0 saturated heterocycles. The largest absolute Gasteiger partial charge is 0.508 e. The van der Waals surface area contributed by atoms with Crippen LogP contribution in [0.25, 0.3) is 0 Å². The van der Waals surface area contributed by atoms with Crippen molar-refractivity contribution in [2.75, 3.05) is 16.8 Å². The van der Waals surface area contributed by atoms with E-state index in [1.165, 1.54) is 0 Å². The van der Waals surface area contributed by atoms with Crippen molar-refractivity contribution >= 4 is 33.2 Å². The van der Waals surface area contributed by atoms with E-state index in [4.69, 9.17) is 5.14 Å². The maximum Gasteiger partial charge on any atom is 0.238 e. The number of aryl methyl sites for hydroxylation is 1. The third kappa shape index (κ3) is 4.39. The molecular weight excluding hydrogens is 426 g/mol. The van der Waals surface area contributed by atoms with Crippen LogP contribution in [-0.2, 0) is 22.9 Å². The molecule has 8 nitrogen and oxygen atoms in total. The van der Waals surface area contributed by atoms with Crippen molar-refractivity contribution in [3.63, 3.8) is 0 Å². The molecule has 3 aromatic rings. The molecule has 0 unspecified atom stereocenters. The number of hydrogen-bond donors (Lipinski definition) is 3. The normalized spacial score (nSPS) is 16.0. The van der Waals surface area contributed by atoms with Crippen molar-refractivity contribution in [2.45, 2.75) is 37.0 Å². The molecular formula is C23H25N5O3S. The predicted molar refractivity (Wildman–Crippen MR) is 123 cm³/mol. The summed E-state index contributed by atoms with van der Waals surface area (Å²) in [7, 11) is -3.78. The van der Waals surface area contributed by atoms with Gasteiger partial charge in [-0.1, -0.05) is 0 Å². The fourth-order valence-electron chi connectivity index (χ4n) is 4.24. The number of nitrogens with zero attached hydrogens (tertiary/aromatic N) is 3. The van der Waals surface area contributed by atoms with Crippen LogP contribution in [0, 0.1) is 5.92 Å². The van der Waals surface area contributed by atoms with Crippen LogP contribution in [0.2, 0.25) is 0 Å². The molecule has 0 amide bonds. The van der Waals surface area contributed by atoms with E-state index >= 15 is 0 Å². The van der Waals surface area contributed by atoms with Crippen molar-refractivity contribution in [1.82, 2.24) is 9.97 Å². The summed E-state index contributed by atoms with van der Waals surface area (Å²) < 4.78 is 24.0. The minimum absolute atomic E-state index is 0.179. The van der Waals surface area contributed by atoms with Crippen molar-refractivity contribution in [3.05, 3.63) is 59.8 Å². The minimum atomic E-state index is -3.78. The molecule has 1 aliphatic heterocycles. The van der Waals surface area contributed by atoms with Crippen molar-refractivity contribution in [3.8, 4) is 5.75 Å². The Kier molecular flexibility index (Phi) is 5.22. The molecule has 2 aromatic carbocycles. The number of phenols is 1. The zero-order chi connectivity index (χ0) is 22.3. The number of hydrogen-bond acceptors (Lipinski definition) is 7. The SMILES string of the molecule is NS(=O)(=O)c1ccc(Nc2nccc(N3CCCc4cc(O)ccc43)n2)cc1CC1CC1. The lowest BCUT2D eigenvalue weighted by Gasteiger charge is -2.30. The molecule has 0 radical (unpaired) electrons. The van der Waals surface area contributed by atoms with E-state index in [1.807, 2.05) is 18.2 Å². The van der Waals surface area contributed by atoms with Gasteiger partial charge in [0.05, 0.1) is 4.90 Å². The maximum atomic E-state index is 12.0. The van der Waals surface area contributed by atoms with Crippen LogP contribution in [0.4, 0.5) is 23.1 Å². The van der Waals surface area contributed by atoms with Gasteiger partial charge < -0.3 is 15.3 Å². The molecule has 5 rings (SSSR count). The Hall–Kier alpha value is -3.17. The quantitative estimate of drug-likeness (QED) is 0.523. The van der Waals surface area contributed by atoms with Gasteiger partial charge in [-0.25, -0.2) is 18.5 Å². The number of anilines is 4. The molecule has 32 heavy (non-hydrogen) atoms. The number of nitrogens with one attached hydrogen (secondary N) is 1. The summed E-state index contributed by atoms with van der Waals surface area (Å²) in [4.78, 5) is 11.3. The molecule has 0 atom stereocenters. The van der Waals surface area contributed by atoms with E-state index in [-0.39, 0.29) is 10.6 Å². The number of aromatic nitrogens is 2. The van der Waals surface area contributed by atoms with E-state index in [0.717, 1.165) is 54.9 Å². The molecule has 9 heteroatoms. The molecule has 4 N–H and O–H groups in total. The second-order valence-corrected chi connectivity index (χ2v) is 9.98.